The number of Topliss-reactive ketones (excluding diaryl/α,β-unsaturated/α-hetero) is 1. The van der Waals surface area contributed by atoms with Gasteiger partial charge < -0.3 is 0 Å². The number of likely N-dealkylation sites (N-methyl/N-ethyl adjacent to an activating group) is 1. The summed E-state index contributed by atoms with van der Waals surface area (Å²) in [7, 11) is 1.96. The van der Waals surface area contributed by atoms with Gasteiger partial charge in [-0.05, 0) is 25.2 Å². The summed E-state index contributed by atoms with van der Waals surface area (Å²) in [6.07, 6.45) is 2.64. The second kappa shape index (κ2) is 7.31. The Labute approximate surface area is 127 Å². The maximum Gasteiger partial charge on any atom is 0.177 e. The summed E-state index contributed by atoms with van der Waals surface area (Å²) in [4.78, 5) is 18.5. The van der Waals surface area contributed by atoms with E-state index in [0.29, 0.717) is 6.54 Å². The van der Waals surface area contributed by atoms with Gasteiger partial charge in [0.2, 0.25) is 0 Å². The average molecular weight is 333 g/mol. The molecule has 0 amide bonds. The lowest BCUT2D eigenvalue weighted by Gasteiger charge is -2.15. The lowest BCUT2D eigenvalue weighted by atomic mass is 10.1. The van der Waals surface area contributed by atoms with Gasteiger partial charge in [-0.3, -0.25) is 14.7 Å². The van der Waals surface area contributed by atoms with E-state index in [1.165, 1.54) is 0 Å². The molecule has 0 saturated heterocycles. The fourth-order valence-corrected chi connectivity index (χ4v) is 2.45. The van der Waals surface area contributed by atoms with Gasteiger partial charge in [0.15, 0.2) is 5.78 Å². The number of hydrogen-bond acceptors (Lipinski definition) is 3. The molecular formula is C16H17BrN2O. The Balaban J connectivity index is 1.87. The standard InChI is InChI=1S/C16H17BrN2O/c1-19(11-9-13-6-4-5-10-18-13)12-16(20)14-7-2-3-8-15(14)17/h2-8,10H,9,11-12H2,1H3. The van der Waals surface area contributed by atoms with E-state index in [0.717, 1.165) is 28.7 Å². The molecule has 4 heteroatoms. The number of ketones is 1. The van der Waals surface area contributed by atoms with Crippen LogP contribution in [-0.4, -0.2) is 35.8 Å². The Kier molecular flexibility index (Phi) is 5.44. The van der Waals surface area contributed by atoms with Gasteiger partial charge in [-0.25, -0.2) is 0 Å². The third kappa shape index (κ3) is 4.25. The van der Waals surface area contributed by atoms with Crippen LogP contribution in [0.1, 0.15) is 16.1 Å². The first-order valence-corrected chi connectivity index (χ1v) is 7.32. The first-order valence-electron chi connectivity index (χ1n) is 6.53. The minimum atomic E-state index is 0.126. The van der Waals surface area contributed by atoms with Crippen LogP contribution < -0.4 is 0 Å². The van der Waals surface area contributed by atoms with Gasteiger partial charge in [-0.15, -0.1) is 0 Å². The van der Waals surface area contributed by atoms with Crippen LogP contribution in [0.2, 0.25) is 0 Å². The molecule has 0 aliphatic rings. The zero-order valence-electron chi connectivity index (χ0n) is 11.4. The first kappa shape index (κ1) is 14.9. The molecule has 0 aliphatic heterocycles. The van der Waals surface area contributed by atoms with Gasteiger partial charge in [-0.2, -0.15) is 0 Å². The average Bonchev–Trinajstić information content (AvgIpc) is 2.46. The number of pyridine rings is 1. The smallest absolute Gasteiger partial charge is 0.177 e. The van der Waals surface area contributed by atoms with Crippen molar-refractivity contribution in [1.82, 2.24) is 9.88 Å². The molecule has 0 bridgehead atoms. The van der Waals surface area contributed by atoms with Crippen LogP contribution in [0, 0.1) is 0 Å². The SMILES string of the molecule is CN(CCc1ccccn1)CC(=O)c1ccccc1Br. The molecule has 1 aromatic heterocycles. The van der Waals surface area contributed by atoms with Crippen molar-refractivity contribution in [3.05, 3.63) is 64.4 Å². The van der Waals surface area contributed by atoms with Gasteiger partial charge in [0.05, 0.1) is 6.54 Å². The van der Waals surface area contributed by atoms with E-state index in [1.807, 2.05) is 54.4 Å². The number of carbonyl (C=O) groups is 1. The molecule has 1 aromatic carbocycles. The molecule has 104 valence electrons. The van der Waals surface area contributed by atoms with Crippen molar-refractivity contribution in [3.8, 4) is 0 Å². The molecule has 1 heterocycles. The lowest BCUT2D eigenvalue weighted by Crippen LogP contribution is -2.28. The predicted octanol–water partition coefficient (Wildman–Crippen LogP) is 3.20. The van der Waals surface area contributed by atoms with Crippen LogP contribution in [-0.2, 0) is 6.42 Å². The molecule has 0 spiro atoms. The summed E-state index contributed by atoms with van der Waals surface area (Å²) in [6.45, 7) is 1.22. The number of carbonyl (C=O) groups excluding carboxylic acids is 1. The molecule has 3 nitrogen and oxygen atoms in total. The van der Waals surface area contributed by atoms with Crippen LogP contribution in [0.4, 0.5) is 0 Å². The van der Waals surface area contributed by atoms with Gasteiger partial charge in [-0.1, -0.05) is 40.2 Å². The molecule has 2 aromatic rings. The topological polar surface area (TPSA) is 33.2 Å². The lowest BCUT2D eigenvalue weighted by molar-refractivity contribution is 0.0946. The summed E-state index contributed by atoms with van der Waals surface area (Å²) in [5.74, 6) is 0.126. The van der Waals surface area contributed by atoms with E-state index in [9.17, 15) is 4.79 Å². The fraction of sp³-hybridized carbons (Fsp3) is 0.250. The van der Waals surface area contributed by atoms with Crippen molar-refractivity contribution in [2.45, 2.75) is 6.42 Å². The molecule has 20 heavy (non-hydrogen) atoms. The Hall–Kier alpha value is -1.52. The fourth-order valence-electron chi connectivity index (χ4n) is 1.95. The minimum absolute atomic E-state index is 0.126. The second-order valence-electron chi connectivity index (χ2n) is 4.71. The number of nitrogens with zero attached hydrogens (tertiary/aromatic N) is 2. The maximum atomic E-state index is 12.2. The highest BCUT2D eigenvalue weighted by Gasteiger charge is 2.12. The zero-order chi connectivity index (χ0) is 14.4. The van der Waals surface area contributed by atoms with Gasteiger partial charge in [0, 0.05) is 34.9 Å². The highest BCUT2D eigenvalue weighted by atomic mass is 79.9. The maximum absolute atomic E-state index is 12.2. The zero-order valence-corrected chi connectivity index (χ0v) is 13.0. The highest BCUT2D eigenvalue weighted by Crippen LogP contribution is 2.16. The molecular weight excluding hydrogens is 316 g/mol. The van der Waals surface area contributed by atoms with Crippen LogP contribution in [0.3, 0.4) is 0 Å². The number of halogens is 1. The summed E-state index contributed by atoms with van der Waals surface area (Å²) in [5.41, 5.74) is 1.78. The molecule has 0 aliphatic carbocycles. The third-order valence-corrected chi connectivity index (χ3v) is 3.76. The molecule has 0 N–H and O–H groups in total. The van der Waals surface area contributed by atoms with Crippen molar-refractivity contribution >= 4 is 21.7 Å². The van der Waals surface area contributed by atoms with Gasteiger partial charge in [0.1, 0.15) is 0 Å². The van der Waals surface area contributed by atoms with Gasteiger partial charge in [0.25, 0.3) is 0 Å². The van der Waals surface area contributed by atoms with Crippen LogP contribution in [0.5, 0.6) is 0 Å². The predicted molar refractivity (Wildman–Crippen MR) is 83.9 cm³/mol. The van der Waals surface area contributed by atoms with Crippen molar-refractivity contribution in [2.24, 2.45) is 0 Å². The Morgan fingerprint density at radius 2 is 1.95 bits per heavy atom. The van der Waals surface area contributed by atoms with E-state index < -0.39 is 0 Å². The highest BCUT2D eigenvalue weighted by molar-refractivity contribution is 9.10. The Bertz CT molecular complexity index is 572. The molecule has 0 atom stereocenters. The van der Waals surface area contributed by atoms with E-state index in [4.69, 9.17) is 0 Å². The van der Waals surface area contributed by atoms with Crippen molar-refractivity contribution in [1.29, 1.82) is 0 Å². The summed E-state index contributed by atoms with van der Waals surface area (Å²) < 4.78 is 0.850. The van der Waals surface area contributed by atoms with Gasteiger partial charge >= 0.3 is 0 Å². The molecule has 2 rings (SSSR count). The number of hydrogen-bond donors (Lipinski definition) is 0. The van der Waals surface area contributed by atoms with Crippen molar-refractivity contribution < 1.29 is 4.79 Å². The van der Waals surface area contributed by atoms with E-state index in [-0.39, 0.29) is 5.78 Å². The Morgan fingerprint density at radius 3 is 2.65 bits per heavy atom. The van der Waals surface area contributed by atoms with Crippen LogP contribution in [0.25, 0.3) is 0 Å². The van der Waals surface area contributed by atoms with Crippen LogP contribution >= 0.6 is 15.9 Å². The van der Waals surface area contributed by atoms with Crippen molar-refractivity contribution in [3.63, 3.8) is 0 Å². The van der Waals surface area contributed by atoms with Crippen LogP contribution in [0.15, 0.2) is 53.1 Å². The van der Waals surface area contributed by atoms with E-state index in [1.54, 1.807) is 6.20 Å². The summed E-state index contributed by atoms with van der Waals surface area (Å²) >= 11 is 3.41. The second-order valence-corrected chi connectivity index (χ2v) is 5.57. The molecule has 0 radical (unpaired) electrons. The minimum Gasteiger partial charge on any atom is -0.299 e. The Morgan fingerprint density at radius 1 is 1.20 bits per heavy atom. The first-order chi connectivity index (χ1) is 9.66. The van der Waals surface area contributed by atoms with Crippen molar-refractivity contribution in [2.75, 3.05) is 20.1 Å². The quantitative estimate of drug-likeness (QED) is 0.761. The third-order valence-electron chi connectivity index (χ3n) is 3.06. The number of rotatable bonds is 6. The van der Waals surface area contributed by atoms with E-state index in [2.05, 4.69) is 20.9 Å². The molecule has 0 saturated carbocycles. The van der Waals surface area contributed by atoms with E-state index >= 15 is 0 Å². The normalized spacial score (nSPS) is 10.8. The number of benzene rings is 1. The molecule has 0 unspecified atom stereocenters. The molecule has 0 fully saturated rings. The number of aromatic nitrogens is 1. The summed E-state index contributed by atoms with van der Waals surface area (Å²) in [6, 6.07) is 13.4. The summed E-state index contributed by atoms with van der Waals surface area (Å²) in [5, 5.41) is 0. The largest absolute Gasteiger partial charge is 0.299 e. The monoisotopic (exact) mass is 332 g/mol.